The fourth-order valence-corrected chi connectivity index (χ4v) is 6.30. The van der Waals surface area contributed by atoms with Crippen LogP contribution in [0.2, 0.25) is 0 Å². The number of thioether (sulfide) groups is 1. The van der Waals surface area contributed by atoms with E-state index in [4.69, 9.17) is 0 Å². The highest BCUT2D eigenvalue weighted by molar-refractivity contribution is 7.99. The van der Waals surface area contributed by atoms with E-state index in [1.54, 1.807) is 4.31 Å². The molecule has 3 rings (SSSR count). The van der Waals surface area contributed by atoms with Crippen LogP contribution >= 0.6 is 11.8 Å². The van der Waals surface area contributed by atoms with E-state index in [0.29, 0.717) is 26.1 Å². The molecule has 0 aromatic carbocycles. The van der Waals surface area contributed by atoms with Gasteiger partial charge >= 0.3 is 0 Å². The summed E-state index contributed by atoms with van der Waals surface area (Å²) in [5.74, 6) is 1.92. The van der Waals surface area contributed by atoms with Crippen LogP contribution in [0.5, 0.6) is 0 Å². The maximum absolute atomic E-state index is 12.9. The summed E-state index contributed by atoms with van der Waals surface area (Å²) in [6.07, 6.45) is 4.39. The van der Waals surface area contributed by atoms with Gasteiger partial charge in [-0.05, 0) is 25.7 Å². The maximum atomic E-state index is 12.9. The lowest BCUT2D eigenvalue weighted by Gasteiger charge is -2.35. The van der Waals surface area contributed by atoms with Crippen molar-refractivity contribution in [2.24, 2.45) is 0 Å². The SMILES string of the molecule is O=C([C@H]1CCCN1S(=O)(=O)N1CCCCC1)N1CCSCC1. The first kappa shape index (κ1) is 16.5. The Kier molecular flexibility index (Phi) is 5.31. The summed E-state index contributed by atoms with van der Waals surface area (Å²) >= 11 is 1.85. The zero-order valence-electron chi connectivity index (χ0n) is 12.9. The average molecular weight is 348 g/mol. The molecule has 126 valence electrons. The van der Waals surface area contributed by atoms with Crippen LogP contribution in [0, 0.1) is 0 Å². The fraction of sp³-hybridized carbons (Fsp3) is 0.929. The fourth-order valence-electron chi connectivity index (χ4n) is 3.50. The first-order chi connectivity index (χ1) is 10.6. The lowest BCUT2D eigenvalue weighted by atomic mass is 10.2. The van der Waals surface area contributed by atoms with Crippen molar-refractivity contribution in [2.75, 3.05) is 44.2 Å². The van der Waals surface area contributed by atoms with Crippen LogP contribution in [0.3, 0.4) is 0 Å². The molecule has 1 atom stereocenters. The predicted octanol–water partition coefficient (Wildman–Crippen LogP) is 0.757. The molecule has 0 unspecified atom stereocenters. The molecular formula is C14H25N3O3S2. The van der Waals surface area contributed by atoms with E-state index < -0.39 is 16.3 Å². The highest BCUT2D eigenvalue weighted by Crippen LogP contribution is 2.27. The van der Waals surface area contributed by atoms with Crippen molar-refractivity contribution in [2.45, 2.75) is 38.1 Å². The number of amides is 1. The van der Waals surface area contributed by atoms with Gasteiger partial charge in [0.05, 0.1) is 0 Å². The highest BCUT2D eigenvalue weighted by atomic mass is 32.2. The molecule has 8 heteroatoms. The molecule has 0 bridgehead atoms. The molecular weight excluding hydrogens is 322 g/mol. The Morgan fingerprint density at radius 2 is 1.59 bits per heavy atom. The van der Waals surface area contributed by atoms with Crippen LogP contribution in [0.4, 0.5) is 0 Å². The largest absolute Gasteiger partial charge is 0.340 e. The van der Waals surface area contributed by atoms with E-state index in [1.165, 1.54) is 4.31 Å². The van der Waals surface area contributed by atoms with E-state index in [-0.39, 0.29) is 5.91 Å². The number of carbonyl (C=O) groups excluding carboxylic acids is 1. The zero-order valence-corrected chi connectivity index (χ0v) is 14.6. The van der Waals surface area contributed by atoms with Gasteiger partial charge in [-0.2, -0.15) is 28.8 Å². The number of carbonyl (C=O) groups is 1. The van der Waals surface area contributed by atoms with Crippen molar-refractivity contribution in [3.8, 4) is 0 Å². The molecule has 1 amide bonds. The summed E-state index contributed by atoms with van der Waals surface area (Å²) in [5.41, 5.74) is 0. The van der Waals surface area contributed by atoms with Crippen LogP contribution in [0.1, 0.15) is 32.1 Å². The third-order valence-corrected chi connectivity index (χ3v) is 7.74. The van der Waals surface area contributed by atoms with Gasteiger partial charge in [-0.3, -0.25) is 4.79 Å². The Hall–Kier alpha value is -0.310. The van der Waals surface area contributed by atoms with Crippen LogP contribution in [0.25, 0.3) is 0 Å². The molecule has 0 N–H and O–H groups in total. The third-order valence-electron chi connectivity index (χ3n) is 4.75. The van der Waals surface area contributed by atoms with E-state index in [2.05, 4.69) is 0 Å². The van der Waals surface area contributed by atoms with Crippen molar-refractivity contribution in [3.05, 3.63) is 0 Å². The second kappa shape index (κ2) is 7.07. The van der Waals surface area contributed by atoms with Crippen molar-refractivity contribution in [1.82, 2.24) is 13.5 Å². The quantitative estimate of drug-likeness (QED) is 0.756. The Morgan fingerprint density at radius 1 is 0.909 bits per heavy atom. The first-order valence-corrected chi connectivity index (χ1v) is 10.8. The molecule has 3 heterocycles. The number of piperidine rings is 1. The number of hydrogen-bond acceptors (Lipinski definition) is 4. The average Bonchev–Trinajstić information content (AvgIpc) is 3.06. The topological polar surface area (TPSA) is 60.9 Å². The van der Waals surface area contributed by atoms with Gasteiger partial charge in [-0.25, -0.2) is 0 Å². The molecule has 0 radical (unpaired) electrons. The van der Waals surface area contributed by atoms with Crippen molar-refractivity contribution < 1.29 is 13.2 Å². The molecule has 22 heavy (non-hydrogen) atoms. The Balaban J connectivity index is 1.72. The normalized spacial score (nSPS) is 28.9. The van der Waals surface area contributed by atoms with E-state index in [1.807, 2.05) is 16.7 Å². The third kappa shape index (κ3) is 3.29. The molecule has 0 spiro atoms. The summed E-state index contributed by atoms with van der Waals surface area (Å²) in [6, 6.07) is -0.477. The van der Waals surface area contributed by atoms with E-state index in [9.17, 15) is 13.2 Å². The smallest absolute Gasteiger partial charge is 0.282 e. The van der Waals surface area contributed by atoms with E-state index in [0.717, 1.165) is 50.3 Å². The Labute approximate surface area is 137 Å². The maximum Gasteiger partial charge on any atom is 0.282 e. The van der Waals surface area contributed by atoms with Gasteiger partial charge in [-0.15, -0.1) is 0 Å². The Morgan fingerprint density at radius 3 is 2.27 bits per heavy atom. The van der Waals surface area contributed by atoms with Gasteiger partial charge in [0.25, 0.3) is 10.2 Å². The monoisotopic (exact) mass is 347 g/mol. The van der Waals surface area contributed by atoms with Crippen LogP contribution in [0.15, 0.2) is 0 Å². The van der Waals surface area contributed by atoms with Crippen molar-refractivity contribution in [3.63, 3.8) is 0 Å². The molecule has 3 saturated heterocycles. The molecule has 0 aliphatic carbocycles. The van der Waals surface area contributed by atoms with Gasteiger partial charge in [0.2, 0.25) is 5.91 Å². The van der Waals surface area contributed by atoms with E-state index >= 15 is 0 Å². The number of hydrogen-bond donors (Lipinski definition) is 0. The van der Waals surface area contributed by atoms with Crippen molar-refractivity contribution >= 4 is 27.9 Å². The van der Waals surface area contributed by atoms with Crippen LogP contribution < -0.4 is 0 Å². The molecule has 0 aromatic rings. The predicted molar refractivity (Wildman–Crippen MR) is 88.0 cm³/mol. The molecule has 3 aliphatic heterocycles. The summed E-state index contributed by atoms with van der Waals surface area (Å²) in [4.78, 5) is 14.6. The molecule has 3 aliphatic rings. The van der Waals surface area contributed by atoms with Crippen LogP contribution in [-0.2, 0) is 15.0 Å². The zero-order chi connectivity index (χ0) is 15.6. The van der Waals surface area contributed by atoms with Gasteiger partial charge < -0.3 is 4.90 Å². The molecule has 3 fully saturated rings. The minimum atomic E-state index is -3.48. The van der Waals surface area contributed by atoms with Gasteiger partial charge in [0.15, 0.2) is 0 Å². The Bertz CT molecular complexity index is 499. The standard InChI is InChI=1S/C14H25N3O3S2/c18-14(15-9-11-21-12-10-15)13-5-4-8-17(13)22(19,20)16-6-2-1-3-7-16/h13H,1-12H2/t13-/m1/s1. The highest BCUT2D eigenvalue weighted by Gasteiger charge is 2.43. The second-order valence-corrected chi connectivity index (χ2v) is 9.28. The number of nitrogens with zero attached hydrogens (tertiary/aromatic N) is 3. The second-order valence-electron chi connectivity index (χ2n) is 6.17. The lowest BCUT2D eigenvalue weighted by Crippen LogP contribution is -2.54. The number of rotatable bonds is 3. The molecule has 0 aromatic heterocycles. The summed E-state index contributed by atoms with van der Waals surface area (Å²) in [6.45, 7) is 3.17. The minimum Gasteiger partial charge on any atom is -0.340 e. The first-order valence-electron chi connectivity index (χ1n) is 8.24. The van der Waals surface area contributed by atoms with Gasteiger partial charge in [0.1, 0.15) is 6.04 Å². The summed E-state index contributed by atoms with van der Waals surface area (Å²) < 4.78 is 28.8. The molecule has 6 nitrogen and oxygen atoms in total. The van der Waals surface area contributed by atoms with Crippen molar-refractivity contribution in [1.29, 1.82) is 0 Å². The van der Waals surface area contributed by atoms with Crippen LogP contribution in [-0.4, -0.2) is 78.1 Å². The summed E-state index contributed by atoms with van der Waals surface area (Å²) in [7, 11) is -3.48. The van der Waals surface area contributed by atoms with Gasteiger partial charge in [-0.1, -0.05) is 6.42 Å². The molecule has 0 saturated carbocycles. The van der Waals surface area contributed by atoms with Gasteiger partial charge in [0, 0.05) is 44.2 Å². The lowest BCUT2D eigenvalue weighted by molar-refractivity contribution is -0.134. The summed E-state index contributed by atoms with van der Waals surface area (Å²) in [5, 5.41) is 0. The minimum absolute atomic E-state index is 0.0124.